The molecule has 1 amide bonds. The fourth-order valence-corrected chi connectivity index (χ4v) is 0.971. The standard InChI is InChI=1S/C11H25N3O/c1-9(2)12-6-7-13-10(15)8-14-11(3,4)5/h9,12,14H,6-8H2,1-5H3,(H,13,15). The molecule has 0 heterocycles. The van der Waals surface area contributed by atoms with Gasteiger partial charge in [0.2, 0.25) is 5.91 Å². The van der Waals surface area contributed by atoms with E-state index in [1.165, 1.54) is 0 Å². The van der Waals surface area contributed by atoms with Crippen molar-refractivity contribution >= 4 is 5.91 Å². The van der Waals surface area contributed by atoms with Gasteiger partial charge in [0, 0.05) is 24.7 Å². The van der Waals surface area contributed by atoms with E-state index in [0.717, 1.165) is 6.54 Å². The van der Waals surface area contributed by atoms with Crippen molar-refractivity contribution in [1.82, 2.24) is 16.0 Å². The summed E-state index contributed by atoms with van der Waals surface area (Å²) in [5.41, 5.74) is -0.00643. The van der Waals surface area contributed by atoms with Crippen molar-refractivity contribution in [1.29, 1.82) is 0 Å². The number of hydrogen-bond acceptors (Lipinski definition) is 3. The van der Waals surface area contributed by atoms with Gasteiger partial charge >= 0.3 is 0 Å². The lowest BCUT2D eigenvalue weighted by atomic mass is 10.1. The summed E-state index contributed by atoms with van der Waals surface area (Å²) < 4.78 is 0. The molecule has 90 valence electrons. The Hall–Kier alpha value is -0.610. The van der Waals surface area contributed by atoms with Crippen LogP contribution in [-0.2, 0) is 4.79 Å². The van der Waals surface area contributed by atoms with E-state index in [4.69, 9.17) is 0 Å². The smallest absolute Gasteiger partial charge is 0.234 e. The third-order valence-corrected chi connectivity index (χ3v) is 1.78. The molecule has 0 bridgehead atoms. The Morgan fingerprint density at radius 1 is 1.20 bits per heavy atom. The van der Waals surface area contributed by atoms with Gasteiger partial charge < -0.3 is 16.0 Å². The van der Waals surface area contributed by atoms with Crippen LogP contribution in [0.1, 0.15) is 34.6 Å². The first-order chi connectivity index (χ1) is 6.81. The number of carbonyl (C=O) groups excluding carboxylic acids is 1. The van der Waals surface area contributed by atoms with Crippen molar-refractivity contribution in [3.05, 3.63) is 0 Å². The number of carbonyl (C=O) groups is 1. The Labute approximate surface area is 93.2 Å². The highest BCUT2D eigenvalue weighted by Gasteiger charge is 2.10. The minimum atomic E-state index is -0.00643. The van der Waals surface area contributed by atoms with Gasteiger partial charge in [-0.2, -0.15) is 0 Å². The monoisotopic (exact) mass is 215 g/mol. The molecule has 4 heteroatoms. The maximum absolute atomic E-state index is 11.3. The second-order valence-electron chi connectivity index (χ2n) is 5.06. The number of nitrogens with one attached hydrogen (secondary N) is 3. The fourth-order valence-electron chi connectivity index (χ4n) is 0.971. The largest absolute Gasteiger partial charge is 0.354 e. The van der Waals surface area contributed by atoms with Gasteiger partial charge in [-0.15, -0.1) is 0 Å². The van der Waals surface area contributed by atoms with E-state index in [-0.39, 0.29) is 11.4 Å². The number of rotatable bonds is 6. The van der Waals surface area contributed by atoms with E-state index in [2.05, 4.69) is 29.8 Å². The van der Waals surface area contributed by atoms with Crippen molar-refractivity contribution in [3.8, 4) is 0 Å². The molecule has 0 spiro atoms. The van der Waals surface area contributed by atoms with Crippen molar-refractivity contribution in [2.75, 3.05) is 19.6 Å². The summed E-state index contributed by atoms with van der Waals surface area (Å²) in [7, 11) is 0. The Kier molecular flexibility index (Phi) is 6.52. The molecule has 0 fully saturated rings. The minimum Gasteiger partial charge on any atom is -0.354 e. The van der Waals surface area contributed by atoms with Gasteiger partial charge in [-0.25, -0.2) is 0 Å². The fraction of sp³-hybridized carbons (Fsp3) is 0.909. The first kappa shape index (κ1) is 14.4. The maximum atomic E-state index is 11.3. The van der Waals surface area contributed by atoms with E-state index >= 15 is 0 Å². The van der Waals surface area contributed by atoms with Crippen LogP contribution in [0.2, 0.25) is 0 Å². The van der Waals surface area contributed by atoms with Crippen LogP contribution in [0.25, 0.3) is 0 Å². The Balaban J connectivity index is 3.42. The third-order valence-electron chi connectivity index (χ3n) is 1.78. The molecule has 0 aliphatic rings. The van der Waals surface area contributed by atoms with Crippen LogP contribution >= 0.6 is 0 Å². The molecule has 0 saturated carbocycles. The van der Waals surface area contributed by atoms with Gasteiger partial charge in [0.05, 0.1) is 6.54 Å². The molecular formula is C11H25N3O. The summed E-state index contributed by atoms with van der Waals surface area (Å²) in [5.74, 6) is 0.0514. The van der Waals surface area contributed by atoms with Crippen molar-refractivity contribution < 1.29 is 4.79 Å². The van der Waals surface area contributed by atoms with Crippen LogP contribution in [0.15, 0.2) is 0 Å². The molecule has 0 aliphatic heterocycles. The molecule has 15 heavy (non-hydrogen) atoms. The Morgan fingerprint density at radius 3 is 2.27 bits per heavy atom. The van der Waals surface area contributed by atoms with Crippen LogP contribution in [-0.4, -0.2) is 37.1 Å². The normalized spacial score (nSPS) is 11.9. The predicted octanol–water partition coefficient (Wildman–Crippen LogP) is 0.489. The second kappa shape index (κ2) is 6.80. The van der Waals surface area contributed by atoms with E-state index < -0.39 is 0 Å². The SMILES string of the molecule is CC(C)NCCNC(=O)CNC(C)(C)C. The lowest BCUT2D eigenvalue weighted by molar-refractivity contribution is -0.120. The molecular weight excluding hydrogens is 190 g/mol. The van der Waals surface area contributed by atoms with Gasteiger partial charge in [-0.1, -0.05) is 13.8 Å². The third kappa shape index (κ3) is 11.3. The highest BCUT2D eigenvalue weighted by atomic mass is 16.1. The van der Waals surface area contributed by atoms with Crippen molar-refractivity contribution in [2.24, 2.45) is 0 Å². The van der Waals surface area contributed by atoms with E-state index in [9.17, 15) is 4.79 Å². The summed E-state index contributed by atoms with van der Waals surface area (Å²) in [5, 5.41) is 9.22. The van der Waals surface area contributed by atoms with Crippen LogP contribution < -0.4 is 16.0 Å². The molecule has 0 aromatic heterocycles. The summed E-state index contributed by atoms with van der Waals surface area (Å²) >= 11 is 0. The molecule has 4 nitrogen and oxygen atoms in total. The Bertz CT molecular complexity index is 185. The minimum absolute atomic E-state index is 0.00643. The molecule has 0 saturated heterocycles. The van der Waals surface area contributed by atoms with Gasteiger partial charge in [-0.05, 0) is 20.8 Å². The summed E-state index contributed by atoms with van der Waals surface area (Å²) in [6.07, 6.45) is 0. The molecule has 0 rings (SSSR count). The zero-order chi connectivity index (χ0) is 11.9. The molecule has 0 aromatic rings. The number of amides is 1. The second-order valence-corrected chi connectivity index (χ2v) is 5.06. The van der Waals surface area contributed by atoms with Crippen LogP contribution in [0.4, 0.5) is 0 Å². The average molecular weight is 215 g/mol. The van der Waals surface area contributed by atoms with Crippen LogP contribution in [0, 0.1) is 0 Å². The maximum Gasteiger partial charge on any atom is 0.234 e. The van der Waals surface area contributed by atoms with Gasteiger partial charge in [0.25, 0.3) is 0 Å². The molecule has 0 aliphatic carbocycles. The molecule has 0 radical (unpaired) electrons. The molecule has 0 unspecified atom stereocenters. The lowest BCUT2D eigenvalue weighted by Crippen LogP contribution is -2.44. The Morgan fingerprint density at radius 2 is 1.80 bits per heavy atom. The lowest BCUT2D eigenvalue weighted by Gasteiger charge is -2.20. The quantitative estimate of drug-likeness (QED) is 0.565. The summed E-state index contributed by atoms with van der Waals surface area (Å²) in [6, 6.07) is 0.467. The first-order valence-electron chi connectivity index (χ1n) is 5.56. The summed E-state index contributed by atoms with van der Waals surface area (Å²) in [6.45, 7) is 12.2. The molecule has 0 atom stereocenters. The first-order valence-corrected chi connectivity index (χ1v) is 5.56. The topological polar surface area (TPSA) is 53.2 Å². The van der Waals surface area contributed by atoms with Crippen molar-refractivity contribution in [2.45, 2.75) is 46.2 Å². The zero-order valence-corrected chi connectivity index (χ0v) is 10.6. The van der Waals surface area contributed by atoms with Crippen LogP contribution in [0.5, 0.6) is 0 Å². The summed E-state index contributed by atoms with van der Waals surface area (Å²) in [4.78, 5) is 11.3. The highest BCUT2D eigenvalue weighted by Crippen LogP contribution is 1.96. The molecule has 3 N–H and O–H groups in total. The molecule has 0 aromatic carbocycles. The van der Waals surface area contributed by atoms with E-state index in [1.807, 2.05) is 20.8 Å². The van der Waals surface area contributed by atoms with Crippen molar-refractivity contribution in [3.63, 3.8) is 0 Å². The van der Waals surface area contributed by atoms with Gasteiger partial charge in [0.15, 0.2) is 0 Å². The van der Waals surface area contributed by atoms with E-state index in [0.29, 0.717) is 19.1 Å². The average Bonchev–Trinajstić information content (AvgIpc) is 2.07. The van der Waals surface area contributed by atoms with Crippen LogP contribution in [0.3, 0.4) is 0 Å². The number of hydrogen-bond donors (Lipinski definition) is 3. The van der Waals surface area contributed by atoms with Gasteiger partial charge in [0.1, 0.15) is 0 Å². The highest BCUT2D eigenvalue weighted by molar-refractivity contribution is 5.78. The zero-order valence-electron chi connectivity index (χ0n) is 10.6. The predicted molar refractivity (Wildman–Crippen MR) is 63.9 cm³/mol. The van der Waals surface area contributed by atoms with Gasteiger partial charge in [-0.3, -0.25) is 4.79 Å². The van der Waals surface area contributed by atoms with E-state index in [1.54, 1.807) is 0 Å².